The van der Waals surface area contributed by atoms with Gasteiger partial charge >= 0.3 is 0 Å². The number of hydrogen-bond donors (Lipinski definition) is 2. The summed E-state index contributed by atoms with van der Waals surface area (Å²) in [5.41, 5.74) is 3.18. The fourth-order valence-electron chi connectivity index (χ4n) is 3.16. The zero-order valence-corrected chi connectivity index (χ0v) is 17.3. The number of carbonyl (C=O) groups excluding carboxylic acids is 4. The number of nitrogens with zero attached hydrogens (tertiary/aromatic N) is 1. The number of nitrogens with one attached hydrogen (secondary N) is 2. The summed E-state index contributed by atoms with van der Waals surface area (Å²) in [7, 11) is 0. The standard InChI is InChI=1S/C23H25N3O4/c1-14(2)21(28)25-17-6-4-5-16(12-17)13-24-20(27)9-10-26-22(29)18-8-7-15(3)11-19(18)23(26)30/h4-8,11-12,14H,9-10,13H2,1-3H3,(H,24,27)(H,25,28). The fourth-order valence-corrected chi connectivity index (χ4v) is 3.16. The van der Waals surface area contributed by atoms with Crippen molar-refractivity contribution >= 4 is 29.3 Å². The van der Waals surface area contributed by atoms with E-state index in [4.69, 9.17) is 0 Å². The molecule has 0 radical (unpaired) electrons. The normalized spacial score (nSPS) is 12.9. The fraction of sp³-hybridized carbons (Fsp3) is 0.304. The molecule has 1 aliphatic rings. The van der Waals surface area contributed by atoms with Crippen LogP contribution in [0.5, 0.6) is 0 Å². The first-order valence-corrected chi connectivity index (χ1v) is 9.89. The molecule has 2 aromatic carbocycles. The van der Waals surface area contributed by atoms with Gasteiger partial charge in [0.05, 0.1) is 11.1 Å². The topological polar surface area (TPSA) is 95.6 Å². The number of rotatable bonds is 7. The van der Waals surface area contributed by atoms with E-state index in [1.54, 1.807) is 36.4 Å². The summed E-state index contributed by atoms with van der Waals surface area (Å²) in [5, 5.41) is 5.61. The predicted octanol–water partition coefficient (Wildman–Crippen LogP) is 2.89. The van der Waals surface area contributed by atoms with Crippen molar-refractivity contribution in [2.75, 3.05) is 11.9 Å². The molecule has 0 unspecified atom stereocenters. The average Bonchev–Trinajstić information content (AvgIpc) is 2.94. The molecule has 7 heteroatoms. The van der Waals surface area contributed by atoms with Gasteiger partial charge < -0.3 is 10.6 Å². The molecule has 3 rings (SSSR count). The number of anilines is 1. The summed E-state index contributed by atoms with van der Waals surface area (Å²) < 4.78 is 0. The molecule has 0 aromatic heterocycles. The Balaban J connectivity index is 1.52. The third-order valence-electron chi connectivity index (χ3n) is 4.90. The Morgan fingerprint density at radius 1 is 1.00 bits per heavy atom. The maximum atomic E-state index is 12.5. The lowest BCUT2D eigenvalue weighted by molar-refractivity contribution is -0.121. The third kappa shape index (κ3) is 4.74. The van der Waals surface area contributed by atoms with Gasteiger partial charge in [-0.05, 0) is 36.8 Å². The number of aryl methyl sites for hydroxylation is 1. The molecule has 2 N–H and O–H groups in total. The molecule has 0 saturated carbocycles. The van der Waals surface area contributed by atoms with Crippen LogP contribution in [0.25, 0.3) is 0 Å². The van der Waals surface area contributed by atoms with Gasteiger partial charge in [-0.15, -0.1) is 0 Å². The molecule has 7 nitrogen and oxygen atoms in total. The lowest BCUT2D eigenvalue weighted by Crippen LogP contribution is -2.34. The first kappa shape index (κ1) is 21.2. The summed E-state index contributed by atoms with van der Waals surface area (Å²) in [6.45, 7) is 5.80. The molecular formula is C23H25N3O4. The van der Waals surface area contributed by atoms with Crippen LogP contribution in [-0.2, 0) is 16.1 Å². The van der Waals surface area contributed by atoms with Gasteiger partial charge in [0.25, 0.3) is 11.8 Å². The van der Waals surface area contributed by atoms with Crippen LogP contribution in [0.15, 0.2) is 42.5 Å². The Bertz CT molecular complexity index is 1010. The zero-order chi connectivity index (χ0) is 21.8. The maximum Gasteiger partial charge on any atom is 0.261 e. The van der Waals surface area contributed by atoms with Gasteiger partial charge in [0.1, 0.15) is 0 Å². The number of carbonyl (C=O) groups is 4. The molecule has 0 fully saturated rings. The highest BCUT2D eigenvalue weighted by atomic mass is 16.2. The van der Waals surface area contributed by atoms with Crippen LogP contribution < -0.4 is 10.6 Å². The Morgan fingerprint density at radius 3 is 2.47 bits per heavy atom. The molecule has 0 saturated heterocycles. The van der Waals surface area contributed by atoms with E-state index < -0.39 is 0 Å². The molecule has 0 aliphatic carbocycles. The number of amides is 4. The van der Waals surface area contributed by atoms with Crippen molar-refractivity contribution in [3.63, 3.8) is 0 Å². The van der Waals surface area contributed by atoms with Gasteiger partial charge in [0.15, 0.2) is 0 Å². The van der Waals surface area contributed by atoms with E-state index in [1.165, 1.54) is 0 Å². The van der Waals surface area contributed by atoms with Crippen molar-refractivity contribution in [2.45, 2.75) is 33.7 Å². The van der Waals surface area contributed by atoms with Crippen LogP contribution >= 0.6 is 0 Å². The number of fused-ring (bicyclic) bond motifs is 1. The van der Waals surface area contributed by atoms with E-state index >= 15 is 0 Å². The van der Waals surface area contributed by atoms with E-state index in [2.05, 4.69) is 10.6 Å². The monoisotopic (exact) mass is 407 g/mol. The first-order chi connectivity index (χ1) is 14.3. The van der Waals surface area contributed by atoms with Crippen molar-refractivity contribution < 1.29 is 19.2 Å². The second kappa shape index (κ2) is 8.90. The molecular weight excluding hydrogens is 382 g/mol. The lowest BCUT2D eigenvalue weighted by atomic mass is 10.1. The molecule has 30 heavy (non-hydrogen) atoms. The van der Waals surface area contributed by atoms with Crippen LogP contribution in [-0.4, -0.2) is 35.1 Å². The summed E-state index contributed by atoms with van der Waals surface area (Å²) in [6, 6.07) is 12.4. The Labute approximate surface area is 175 Å². The highest BCUT2D eigenvalue weighted by molar-refractivity contribution is 6.21. The SMILES string of the molecule is Cc1ccc2c(c1)C(=O)N(CCC(=O)NCc1cccc(NC(=O)C(C)C)c1)C2=O. The molecule has 0 spiro atoms. The van der Waals surface area contributed by atoms with Crippen molar-refractivity contribution in [2.24, 2.45) is 5.92 Å². The van der Waals surface area contributed by atoms with Gasteiger partial charge in [-0.2, -0.15) is 0 Å². The Morgan fingerprint density at radius 2 is 1.73 bits per heavy atom. The molecule has 156 valence electrons. The molecule has 2 aromatic rings. The van der Waals surface area contributed by atoms with Gasteiger partial charge in [-0.3, -0.25) is 24.1 Å². The van der Waals surface area contributed by atoms with Crippen LogP contribution in [0.4, 0.5) is 5.69 Å². The van der Waals surface area contributed by atoms with E-state index in [1.807, 2.05) is 26.8 Å². The van der Waals surface area contributed by atoms with Crippen LogP contribution in [0.1, 0.15) is 52.1 Å². The van der Waals surface area contributed by atoms with E-state index in [0.717, 1.165) is 16.0 Å². The Kier molecular flexibility index (Phi) is 6.30. The summed E-state index contributed by atoms with van der Waals surface area (Å²) in [5.74, 6) is -1.19. The lowest BCUT2D eigenvalue weighted by Gasteiger charge is -2.14. The van der Waals surface area contributed by atoms with E-state index in [9.17, 15) is 19.2 Å². The van der Waals surface area contributed by atoms with Crippen LogP contribution in [0.3, 0.4) is 0 Å². The van der Waals surface area contributed by atoms with Gasteiger partial charge in [0, 0.05) is 31.1 Å². The smallest absolute Gasteiger partial charge is 0.261 e. The van der Waals surface area contributed by atoms with Crippen LogP contribution in [0, 0.1) is 12.8 Å². The molecule has 1 heterocycles. The van der Waals surface area contributed by atoms with Crippen molar-refractivity contribution in [1.82, 2.24) is 10.2 Å². The molecule has 0 atom stereocenters. The number of hydrogen-bond acceptors (Lipinski definition) is 4. The summed E-state index contributed by atoms with van der Waals surface area (Å²) >= 11 is 0. The minimum absolute atomic E-state index is 0.0221. The molecule has 4 amide bonds. The van der Waals surface area contributed by atoms with Gasteiger partial charge in [-0.1, -0.05) is 37.6 Å². The van der Waals surface area contributed by atoms with Crippen molar-refractivity contribution in [1.29, 1.82) is 0 Å². The quantitative estimate of drug-likeness (QED) is 0.690. The van der Waals surface area contributed by atoms with Crippen LogP contribution in [0.2, 0.25) is 0 Å². The third-order valence-corrected chi connectivity index (χ3v) is 4.90. The molecule has 0 bridgehead atoms. The predicted molar refractivity (Wildman–Crippen MR) is 113 cm³/mol. The summed E-state index contributed by atoms with van der Waals surface area (Å²) in [4.78, 5) is 50.1. The molecule has 1 aliphatic heterocycles. The Hall–Kier alpha value is -3.48. The minimum atomic E-state index is -0.364. The first-order valence-electron chi connectivity index (χ1n) is 9.89. The second-order valence-corrected chi connectivity index (χ2v) is 7.68. The summed E-state index contributed by atoms with van der Waals surface area (Å²) in [6.07, 6.45) is 0.0221. The number of benzene rings is 2. The number of imide groups is 1. The van der Waals surface area contributed by atoms with Crippen molar-refractivity contribution in [3.05, 3.63) is 64.7 Å². The van der Waals surface area contributed by atoms with Gasteiger partial charge in [-0.25, -0.2) is 0 Å². The van der Waals surface area contributed by atoms with E-state index in [-0.39, 0.29) is 49.1 Å². The minimum Gasteiger partial charge on any atom is -0.352 e. The average molecular weight is 407 g/mol. The highest BCUT2D eigenvalue weighted by Crippen LogP contribution is 2.24. The second-order valence-electron chi connectivity index (χ2n) is 7.68. The van der Waals surface area contributed by atoms with E-state index in [0.29, 0.717) is 16.8 Å². The zero-order valence-electron chi connectivity index (χ0n) is 17.3. The van der Waals surface area contributed by atoms with Crippen molar-refractivity contribution in [3.8, 4) is 0 Å². The maximum absolute atomic E-state index is 12.5. The van der Waals surface area contributed by atoms with Gasteiger partial charge in [0.2, 0.25) is 11.8 Å². The highest BCUT2D eigenvalue weighted by Gasteiger charge is 2.35. The largest absolute Gasteiger partial charge is 0.352 e.